The Morgan fingerprint density at radius 3 is 2.57 bits per heavy atom. The van der Waals surface area contributed by atoms with E-state index in [1.165, 1.54) is 6.08 Å². The van der Waals surface area contributed by atoms with E-state index < -0.39 is 5.54 Å². The van der Waals surface area contributed by atoms with Crippen LogP contribution in [0.4, 0.5) is 0 Å². The van der Waals surface area contributed by atoms with Crippen molar-refractivity contribution in [3.8, 4) is 6.07 Å². The van der Waals surface area contributed by atoms with E-state index in [0.717, 1.165) is 18.7 Å². The van der Waals surface area contributed by atoms with E-state index in [0.29, 0.717) is 17.9 Å². The van der Waals surface area contributed by atoms with E-state index in [9.17, 15) is 10.1 Å². The van der Waals surface area contributed by atoms with Gasteiger partial charge >= 0.3 is 0 Å². The first kappa shape index (κ1) is 15.6. The Labute approximate surface area is 130 Å². The first-order valence-electron chi connectivity index (χ1n) is 6.89. The molecule has 1 saturated heterocycles. The highest BCUT2D eigenvalue weighted by atomic mass is 35.5. The van der Waals surface area contributed by atoms with Crippen LogP contribution >= 0.6 is 11.6 Å². The average Bonchev–Trinajstić information content (AvgIpc) is 2.49. The zero-order chi connectivity index (χ0) is 15.3. The fraction of sp³-hybridized carbons (Fsp3) is 0.375. The minimum atomic E-state index is -0.742. The number of carbonyl (C=O) groups excluding carboxylic acids is 1. The number of nitrogens with one attached hydrogen (secondary N) is 1. The molecule has 21 heavy (non-hydrogen) atoms. The lowest BCUT2D eigenvalue weighted by molar-refractivity contribution is -0.118. The molecule has 1 aromatic carbocycles. The molecule has 0 aromatic heterocycles. The number of halogens is 1. The molecule has 1 N–H and O–H groups in total. The molecule has 0 bridgehead atoms. The molecule has 1 amide bonds. The van der Waals surface area contributed by atoms with Gasteiger partial charge in [0.25, 0.3) is 0 Å². The van der Waals surface area contributed by atoms with Crippen molar-refractivity contribution in [2.75, 3.05) is 20.1 Å². The molecule has 4 nitrogen and oxygen atoms in total. The highest BCUT2D eigenvalue weighted by Gasteiger charge is 2.34. The molecule has 5 heteroatoms. The first-order chi connectivity index (χ1) is 10.0. The van der Waals surface area contributed by atoms with Crippen LogP contribution in [-0.4, -0.2) is 36.5 Å². The lowest BCUT2D eigenvalue weighted by atomic mass is 9.89. The van der Waals surface area contributed by atoms with Crippen LogP contribution in [0.3, 0.4) is 0 Å². The predicted molar refractivity (Wildman–Crippen MR) is 83.7 cm³/mol. The third-order valence-electron chi connectivity index (χ3n) is 3.71. The normalized spacial score (nSPS) is 18.3. The molecular weight excluding hydrogens is 286 g/mol. The summed E-state index contributed by atoms with van der Waals surface area (Å²) in [5.74, 6) is -0.240. The lowest BCUT2D eigenvalue weighted by Gasteiger charge is -2.35. The van der Waals surface area contributed by atoms with Crippen LogP contribution in [0.2, 0.25) is 5.02 Å². The van der Waals surface area contributed by atoms with Crippen LogP contribution in [0.5, 0.6) is 0 Å². The number of hydrogen-bond donors (Lipinski definition) is 1. The van der Waals surface area contributed by atoms with E-state index in [2.05, 4.69) is 16.3 Å². The number of nitriles is 1. The van der Waals surface area contributed by atoms with E-state index in [-0.39, 0.29) is 5.91 Å². The van der Waals surface area contributed by atoms with Gasteiger partial charge in [-0.3, -0.25) is 4.79 Å². The fourth-order valence-corrected chi connectivity index (χ4v) is 2.41. The van der Waals surface area contributed by atoms with Crippen molar-refractivity contribution in [3.05, 3.63) is 40.9 Å². The third kappa shape index (κ3) is 4.32. The number of amides is 1. The van der Waals surface area contributed by atoms with E-state index in [4.69, 9.17) is 11.6 Å². The second kappa shape index (κ2) is 6.75. The maximum Gasteiger partial charge on any atom is 0.245 e. The Hall–Kier alpha value is -1.83. The zero-order valence-electron chi connectivity index (χ0n) is 12.0. The number of likely N-dealkylation sites (tertiary alicyclic amines) is 1. The van der Waals surface area contributed by atoms with Crippen LogP contribution in [0.15, 0.2) is 30.3 Å². The van der Waals surface area contributed by atoms with Crippen molar-refractivity contribution in [2.45, 2.75) is 18.4 Å². The first-order valence-corrected chi connectivity index (χ1v) is 7.26. The second-order valence-corrected chi connectivity index (χ2v) is 5.81. The highest BCUT2D eigenvalue weighted by Crippen LogP contribution is 2.20. The Bertz CT molecular complexity index is 566. The summed E-state index contributed by atoms with van der Waals surface area (Å²) in [6.07, 6.45) is 4.48. The Kier molecular flexibility index (Phi) is 5.00. The van der Waals surface area contributed by atoms with Crippen LogP contribution in [0.1, 0.15) is 18.4 Å². The standard InChI is InChI=1S/C16H18ClN3O/c1-20-10-8-16(12-18,9-11-20)19-15(21)7-4-13-2-5-14(17)6-3-13/h2-7H,8-11H2,1H3,(H,19,21)/b7-4+. The minimum absolute atomic E-state index is 0.240. The SMILES string of the molecule is CN1CCC(C#N)(NC(=O)/C=C/c2ccc(Cl)cc2)CC1. The van der Waals surface area contributed by atoms with Gasteiger partial charge in [-0.05, 0) is 43.7 Å². The summed E-state index contributed by atoms with van der Waals surface area (Å²) in [5, 5.41) is 12.9. The van der Waals surface area contributed by atoms with E-state index in [1.807, 2.05) is 19.2 Å². The van der Waals surface area contributed by atoms with Crippen molar-refractivity contribution < 1.29 is 4.79 Å². The molecule has 1 aliphatic heterocycles. The van der Waals surface area contributed by atoms with Gasteiger partial charge in [0.15, 0.2) is 0 Å². The average molecular weight is 304 g/mol. The number of carbonyl (C=O) groups is 1. The molecule has 1 aliphatic rings. The van der Waals surface area contributed by atoms with Gasteiger partial charge in [0, 0.05) is 24.2 Å². The Morgan fingerprint density at radius 1 is 1.38 bits per heavy atom. The maximum atomic E-state index is 12.0. The summed E-state index contributed by atoms with van der Waals surface area (Å²) in [4.78, 5) is 14.2. The molecule has 0 aliphatic carbocycles. The monoisotopic (exact) mass is 303 g/mol. The number of benzene rings is 1. The molecule has 2 rings (SSSR count). The van der Waals surface area contributed by atoms with Crippen molar-refractivity contribution in [1.82, 2.24) is 10.2 Å². The number of hydrogen-bond acceptors (Lipinski definition) is 3. The van der Waals surface area contributed by atoms with Gasteiger partial charge < -0.3 is 10.2 Å². The van der Waals surface area contributed by atoms with Crippen molar-refractivity contribution in [1.29, 1.82) is 5.26 Å². The lowest BCUT2D eigenvalue weighted by Crippen LogP contribution is -2.53. The molecule has 110 valence electrons. The molecule has 0 atom stereocenters. The predicted octanol–water partition coefficient (Wildman–Crippen LogP) is 2.46. The summed E-state index contributed by atoms with van der Waals surface area (Å²) in [6.45, 7) is 1.63. The summed E-state index contributed by atoms with van der Waals surface area (Å²) >= 11 is 5.81. The number of nitrogens with zero attached hydrogens (tertiary/aromatic N) is 2. The highest BCUT2D eigenvalue weighted by molar-refractivity contribution is 6.30. The summed E-state index contributed by atoms with van der Waals surface area (Å²) in [6, 6.07) is 9.48. The van der Waals surface area contributed by atoms with Crippen LogP contribution in [0, 0.1) is 11.3 Å². The van der Waals surface area contributed by atoms with Gasteiger partial charge in [0.05, 0.1) is 6.07 Å². The minimum Gasteiger partial charge on any atom is -0.334 e. The van der Waals surface area contributed by atoms with Crippen molar-refractivity contribution in [3.63, 3.8) is 0 Å². The molecule has 1 heterocycles. The van der Waals surface area contributed by atoms with Crippen LogP contribution in [0.25, 0.3) is 6.08 Å². The van der Waals surface area contributed by atoms with Gasteiger partial charge in [0.1, 0.15) is 5.54 Å². The molecular formula is C16H18ClN3O. The molecule has 0 saturated carbocycles. The van der Waals surface area contributed by atoms with Crippen molar-refractivity contribution >= 4 is 23.6 Å². The van der Waals surface area contributed by atoms with Crippen LogP contribution < -0.4 is 5.32 Å². The smallest absolute Gasteiger partial charge is 0.245 e. The van der Waals surface area contributed by atoms with Gasteiger partial charge in [-0.1, -0.05) is 23.7 Å². The quantitative estimate of drug-likeness (QED) is 0.873. The number of rotatable bonds is 3. The number of piperidine rings is 1. The Morgan fingerprint density at radius 2 is 2.00 bits per heavy atom. The third-order valence-corrected chi connectivity index (χ3v) is 3.97. The van der Waals surface area contributed by atoms with Crippen molar-refractivity contribution in [2.24, 2.45) is 0 Å². The van der Waals surface area contributed by atoms with Gasteiger partial charge in [0.2, 0.25) is 5.91 Å². The second-order valence-electron chi connectivity index (χ2n) is 5.37. The fourth-order valence-electron chi connectivity index (χ4n) is 2.29. The molecule has 1 aromatic rings. The largest absolute Gasteiger partial charge is 0.334 e. The van der Waals surface area contributed by atoms with Gasteiger partial charge in [-0.15, -0.1) is 0 Å². The van der Waals surface area contributed by atoms with Gasteiger partial charge in [-0.25, -0.2) is 0 Å². The van der Waals surface area contributed by atoms with E-state index >= 15 is 0 Å². The maximum absolute atomic E-state index is 12.0. The summed E-state index contributed by atoms with van der Waals surface area (Å²) in [5.41, 5.74) is 0.150. The van der Waals surface area contributed by atoms with Gasteiger partial charge in [-0.2, -0.15) is 5.26 Å². The zero-order valence-corrected chi connectivity index (χ0v) is 12.7. The molecule has 0 radical (unpaired) electrons. The Balaban J connectivity index is 1.97. The van der Waals surface area contributed by atoms with Crippen LogP contribution in [-0.2, 0) is 4.79 Å². The topological polar surface area (TPSA) is 56.1 Å². The molecule has 0 unspecified atom stereocenters. The molecule has 0 spiro atoms. The summed E-state index contributed by atoms with van der Waals surface area (Å²) in [7, 11) is 2.02. The summed E-state index contributed by atoms with van der Waals surface area (Å²) < 4.78 is 0. The van der Waals surface area contributed by atoms with E-state index in [1.54, 1.807) is 18.2 Å². The molecule has 1 fully saturated rings.